The molecule has 124 valence electrons. The third kappa shape index (κ3) is 4.83. The topological polar surface area (TPSA) is 56.8 Å². The maximum absolute atomic E-state index is 12.4. The third-order valence-electron chi connectivity index (χ3n) is 3.55. The number of carbonyl (C=O) groups is 1. The molecule has 1 rings (SSSR count). The molecule has 0 bridgehead atoms. The van der Waals surface area contributed by atoms with Crippen molar-refractivity contribution in [3.63, 3.8) is 0 Å². The summed E-state index contributed by atoms with van der Waals surface area (Å²) in [7, 11) is 4.61. The van der Waals surface area contributed by atoms with Crippen molar-refractivity contribution in [3.8, 4) is 17.2 Å². The van der Waals surface area contributed by atoms with Crippen molar-refractivity contribution in [2.24, 2.45) is 0 Å². The zero-order chi connectivity index (χ0) is 16.5. The van der Waals surface area contributed by atoms with Crippen LogP contribution in [0.1, 0.15) is 49.9 Å². The van der Waals surface area contributed by atoms with Crippen molar-refractivity contribution in [2.45, 2.75) is 45.6 Å². The molecule has 0 aliphatic heterocycles. The van der Waals surface area contributed by atoms with E-state index in [9.17, 15) is 4.79 Å². The SMILES string of the molecule is CCCCC[C@H](C)NC(=O)c1cc(OC)c(OC)c(OC)c1. The Balaban J connectivity index is 2.84. The van der Waals surface area contributed by atoms with E-state index in [1.807, 2.05) is 6.92 Å². The Morgan fingerprint density at radius 1 is 1.09 bits per heavy atom. The van der Waals surface area contributed by atoms with Crippen LogP contribution in [0.2, 0.25) is 0 Å². The average Bonchev–Trinajstić information content (AvgIpc) is 2.53. The summed E-state index contributed by atoms with van der Waals surface area (Å²) in [5.74, 6) is 1.30. The first kappa shape index (κ1) is 18.1. The molecule has 1 atom stereocenters. The molecule has 0 saturated carbocycles. The molecule has 0 heterocycles. The first-order valence-corrected chi connectivity index (χ1v) is 7.68. The van der Waals surface area contributed by atoms with E-state index in [-0.39, 0.29) is 11.9 Å². The fourth-order valence-corrected chi connectivity index (χ4v) is 2.29. The van der Waals surface area contributed by atoms with Gasteiger partial charge >= 0.3 is 0 Å². The highest BCUT2D eigenvalue weighted by molar-refractivity contribution is 5.95. The molecule has 0 spiro atoms. The Bertz CT molecular complexity index is 463. The molecule has 1 aromatic rings. The number of ether oxygens (including phenoxy) is 3. The van der Waals surface area contributed by atoms with Gasteiger partial charge in [-0.25, -0.2) is 0 Å². The molecule has 1 N–H and O–H groups in total. The lowest BCUT2D eigenvalue weighted by Crippen LogP contribution is -2.32. The van der Waals surface area contributed by atoms with E-state index in [4.69, 9.17) is 14.2 Å². The van der Waals surface area contributed by atoms with Crippen molar-refractivity contribution in [3.05, 3.63) is 17.7 Å². The predicted molar refractivity (Wildman–Crippen MR) is 87.2 cm³/mol. The quantitative estimate of drug-likeness (QED) is 0.710. The third-order valence-corrected chi connectivity index (χ3v) is 3.55. The maximum atomic E-state index is 12.4. The Morgan fingerprint density at radius 2 is 1.68 bits per heavy atom. The summed E-state index contributed by atoms with van der Waals surface area (Å²) in [6, 6.07) is 3.46. The minimum atomic E-state index is -0.136. The van der Waals surface area contributed by atoms with Gasteiger partial charge in [0.05, 0.1) is 21.3 Å². The molecule has 1 amide bonds. The molecule has 0 saturated heterocycles. The van der Waals surface area contributed by atoms with Crippen LogP contribution in [-0.2, 0) is 0 Å². The summed E-state index contributed by atoms with van der Waals surface area (Å²) in [4.78, 5) is 12.4. The molecule has 0 fully saturated rings. The lowest BCUT2D eigenvalue weighted by atomic mass is 10.1. The number of nitrogens with one attached hydrogen (secondary N) is 1. The molecular weight excluding hydrogens is 282 g/mol. The van der Waals surface area contributed by atoms with Gasteiger partial charge in [0.2, 0.25) is 5.75 Å². The monoisotopic (exact) mass is 309 g/mol. The zero-order valence-corrected chi connectivity index (χ0v) is 14.2. The molecule has 22 heavy (non-hydrogen) atoms. The fourth-order valence-electron chi connectivity index (χ4n) is 2.29. The van der Waals surface area contributed by atoms with Crippen molar-refractivity contribution in [2.75, 3.05) is 21.3 Å². The van der Waals surface area contributed by atoms with Crippen LogP contribution in [-0.4, -0.2) is 33.3 Å². The number of carbonyl (C=O) groups excluding carboxylic acids is 1. The van der Waals surface area contributed by atoms with Gasteiger partial charge in [-0.1, -0.05) is 26.2 Å². The van der Waals surface area contributed by atoms with E-state index in [1.54, 1.807) is 12.1 Å². The van der Waals surface area contributed by atoms with Crippen LogP contribution in [0.15, 0.2) is 12.1 Å². The highest BCUT2D eigenvalue weighted by Crippen LogP contribution is 2.38. The Labute approximate surface area is 132 Å². The lowest BCUT2D eigenvalue weighted by Gasteiger charge is -2.16. The first-order chi connectivity index (χ1) is 10.6. The van der Waals surface area contributed by atoms with E-state index in [0.717, 1.165) is 12.8 Å². The molecule has 0 unspecified atom stereocenters. The number of rotatable bonds is 9. The summed E-state index contributed by atoms with van der Waals surface area (Å²) < 4.78 is 15.8. The molecule has 1 aromatic carbocycles. The largest absolute Gasteiger partial charge is 0.493 e. The van der Waals surface area contributed by atoms with Crippen LogP contribution in [0.5, 0.6) is 17.2 Å². The minimum Gasteiger partial charge on any atom is -0.493 e. The lowest BCUT2D eigenvalue weighted by molar-refractivity contribution is 0.0937. The van der Waals surface area contributed by atoms with E-state index in [1.165, 1.54) is 34.2 Å². The van der Waals surface area contributed by atoms with Gasteiger partial charge in [-0.2, -0.15) is 0 Å². The van der Waals surface area contributed by atoms with Gasteiger partial charge in [-0.05, 0) is 25.5 Å². The average molecular weight is 309 g/mol. The normalized spacial score (nSPS) is 11.7. The summed E-state index contributed by atoms with van der Waals surface area (Å²) in [6.45, 7) is 4.19. The van der Waals surface area contributed by atoms with Gasteiger partial charge in [0.15, 0.2) is 11.5 Å². The van der Waals surface area contributed by atoms with Gasteiger partial charge < -0.3 is 19.5 Å². The summed E-state index contributed by atoms with van der Waals surface area (Å²) in [6.07, 6.45) is 4.45. The van der Waals surface area contributed by atoms with Crippen molar-refractivity contribution in [1.82, 2.24) is 5.32 Å². The second-order valence-corrected chi connectivity index (χ2v) is 5.28. The number of unbranched alkanes of at least 4 members (excludes halogenated alkanes) is 2. The van der Waals surface area contributed by atoms with Crippen molar-refractivity contribution < 1.29 is 19.0 Å². The molecule has 5 nitrogen and oxygen atoms in total. The Kier molecular flexibility index (Phi) is 7.57. The predicted octanol–water partition coefficient (Wildman–Crippen LogP) is 3.41. The molecular formula is C17H27NO4. The second-order valence-electron chi connectivity index (χ2n) is 5.28. The zero-order valence-electron chi connectivity index (χ0n) is 14.2. The van der Waals surface area contributed by atoms with Crippen LogP contribution in [0.3, 0.4) is 0 Å². The number of hydrogen-bond acceptors (Lipinski definition) is 4. The molecule has 5 heteroatoms. The number of methoxy groups -OCH3 is 3. The number of benzene rings is 1. The van der Waals surface area contributed by atoms with Gasteiger partial charge in [0.25, 0.3) is 5.91 Å². The van der Waals surface area contributed by atoms with E-state index in [0.29, 0.717) is 22.8 Å². The second kappa shape index (κ2) is 9.18. The molecule has 0 radical (unpaired) electrons. The highest BCUT2D eigenvalue weighted by Gasteiger charge is 2.17. The van der Waals surface area contributed by atoms with Crippen molar-refractivity contribution in [1.29, 1.82) is 0 Å². The van der Waals surface area contributed by atoms with Crippen LogP contribution >= 0.6 is 0 Å². The van der Waals surface area contributed by atoms with Crippen LogP contribution in [0.4, 0.5) is 0 Å². The summed E-state index contributed by atoms with van der Waals surface area (Å²) in [5.41, 5.74) is 0.497. The van der Waals surface area contributed by atoms with Gasteiger partial charge in [-0.3, -0.25) is 4.79 Å². The standard InChI is InChI=1S/C17H27NO4/c1-6-7-8-9-12(2)18-17(19)13-10-14(20-3)16(22-5)15(11-13)21-4/h10-12H,6-9H2,1-5H3,(H,18,19)/t12-/m0/s1. The van der Waals surface area contributed by atoms with E-state index >= 15 is 0 Å². The summed E-state index contributed by atoms with van der Waals surface area (Å²) >= 11 is 0. The van der Waals surface area contributed by atoms with Crippen molar-refractivity contribution >= 4 is 5.91 Å². The Hall–Kier alpha value is -1.91. The van der Waals surface area contributed by atoms with Crippen LogP contribution < -0.4 is 19.5 Å². The van der Waals surface area contributed by atoms with Crippen LogP contribution in [0, 0.1) is 0 Å². The Morgan fingerprint density at radius 3 is 2.14 bits per heavy atom. The minimum absolute atomic E-state index is 0.136. The smallest absolute Gasteiger partial charge is 0.251 e. The van der Waals surface area contributed by atoms with Gasteiger partial charge in [0, 0.05) is 11.6 Å². The number of hydrogen-bond donors (Lipinski definition) is 1. The van der Waals surface area contributed by atoms with Gasteiger partial charge in [-0.15, -0.1) is 0 Å². The van der Waals surface area contributed by atoms with Crippen LogP contribution in [0.25, 0.3) is 0 Å². The fraction of sp³-hybridized carbons (Fsp3) is 0.588. The molecule has 0 aliphatic rings. The first-order valence-electron chi connectivity index (χ1n) is 7.68. The summed E-state index contributed by atoms with van der Waals surface area (Å²) in [5, 5.41) is 3.00. The van der Waals surface area contributed by atoms with Gasteiger partial charge in [0.1, 0.15) is 0 Å². The maximum Gasteiger partial charge on any atom is 0.251 e. The molecule has 0 aromatic heterocycles. The highest BCUT2D eigenvalue weighted by atomic mass is 16.5. The molecule has 0 aliphatic carbocycles. The van der Waals surface area contributed by atoms with E-state index in [2.05, 4.69) is 12.2 Å². The number of amides is 1. The van der Waals surface area contributed by atoms with E-state index < -0.39 is 0 Å².